The highest BCUT2D eigenvalue weighted by Gasteiger charge is 2.23. The summed E-state index contributed by atoms with van der Waals surface area (Å²) in [7, 11) is 0. The van der Waals surface area contributed by atoms with E-state index in [1.165, 1.54) is 89.5 Å². The van der Waals surface area contributed by atoms with Crippen LogP contribution in [0, 0.1) is 5.92 Å². The van der Waals surface area contributed by atoms with Gasteiger partial charge in [0.05, 0.1) is 24.3 Å². The molecular formula is C51H68O6. The number of carbonyl (C=O) groups excluding carboxylic acids is 2. The third-order valence-corrected chi connectivity index (χ3v) is 11.0. The number of ketones is 2. The Morgan fingerprint density at radius 1 is 0.526 bits per heavy atom. The van der Waals surface area contributed by atoms with Crippen LogP contribution in [-0.2, 0) is 6.42 Å². The third kappa shape index (κ3) is 15.7. The van der Waals surface area contributed by atoms with Crippen LogP contribution in [0.3, 0.4) is 0 Å². The van der Waals surface area contributed by atoms with Gasteiger partial charge >= 0.3 is 0 Å². The first kappa shape index (κ1) is 45.1. The predicted molar refractivity (Wildman–Crippen MR) is 233 cm³/mol. The fourth-order valence-electron chi connectivity index (χ4n) is 7.56. The summed E-state index contributed by atoms with van der Waals surface area (Å²) in [5, 5.41) is 22.6. The highest BCUT2D eigenvalue weighted by atomic mass is 16.5. The molecular weight excluding hydrogens is 709 g/mol. The largest absolute Gasteiger partial charge is 0.507 e. The van der Waals surface area contributed by atoms with Crippen molar-refractivity contribution in [1.82, 2.24) is 0 Å². The smallest absolute Gasteiger partial charge is 0.196 e. The molecule has 0 saturated heterocycles. The van der Waals surface area contributed by atoms with Crippen LogP contribution in [0.5, 0.6) is 23.0 Å². The van der Waals surface area contributed by atoms with E-state index in [9.17, 15) is 19.8 Å². The van der Waals surface area contributed by atoms with Crippen molar-refractivity contribution in [3.05, 3.63) is 119 Å². The maximum absolute atomic E-state index is 13.6. The molecule has 1 unspecified atom stereocenters. The van der Waals surface area contributed by atoms with E-state index in [1.807, 2.05) is 30.3 Å². The minimum atomic E-state index is -0.242. The SMILES string of the molecule is CCCCCCCCCCCCOc1ccc(C(=O)c2ccccc2)c(O)c1CC(CCCCCCCCC)CCOc1ccc(C(=O)c2ccccc2)c(O)c1. The lowest BCUT2D eigenvalue weighted by Gasteiger charge is -2.22. The monoisotopic (exact) mass is 777 g/mol. The normalized spacial score (nSPS) is 11.7. The second kappa shape index (κ2) is 26.4. The second-order valence-electron chi connectivity index (χ2n) is 15.7. The Kier molecular flexibility index (Phi) is 20.9. The number of phenols is 2. The molecule has 0 aliphatic rings. The van der Waals surface area contributed by atoms with Gasteiger partial charge in [-0.3, -0.25) is 9.59 Å². The summed E-state index contributed by atoms with van der Waals surface area (Å²) >= 11 is 0. The van der Waals surface area contributed by atoms with Crippen LogP contribution in [0.15, 0.2) is 91.0 Å². The average molecular weight is 777 g/mol. The summed E-state index contributed by atoms with van der Waals surface area (Å²) in [6.07, 6.45) is 23.0. The minimum Gasteiger partial charge on any atom is -0.507 e. The van der Waals surface area contributed by atoms with E-state index in [0.29, 0.717) is 54.2 Å². The van der Waals surface area contributed by atoms with Crippen LogP contribution in [0.25, 0.3) is 0 Å². The molecule has 0 saturated carbocycles. The van der Waals surface area contributed by atoms with Gasteiger partial charge in [0.1, 0.15) is 23.0 Å². The Labute approximate surface area is 343 Å². The number of rotatable bonds is 30. The van der Waals surface area contributed by atoms with Gasteiger partial charge in [0, 0.05) is 22.8 Å². The number of phenolic OH excluding ortho intramolecular Hbond substituents is 2. The fourth-order valence-corrected chi connectivity index (χ4v) is 7.56. The fraction of sp³-hybridized carbons (Fsp3) is 0.490. The summed E-state index contributed by atoms with van der Waals surface area (Å²) in [5.41, 5.74) is 2.24. The standard InChI is InChI=1S/C51H68O6/c1-3-5-7-9-11-12-13-15-17-25-36-57-48-34-33-45(50(54)42-29-23-19-24-30-42)51(55)46(48)38-40(26-20-16-14-10-8-6-4-2)35-37-56-43-31-32-44(47(52)39-43)49(53)41-27-21-18-22-28-41/h18-19,21-24,27-34,39-40,52,55H,3-17,20,25-26,35-38H2,1-2H3. The molecule has 0 aliphatic carbocycles. The van der Waals surface area contributed by atoms with Gasteiger partial charge < -0.3 is 19.7 Å². The second-order valence-corrected chi connectivity index (χ2v) is 15.7. The van der Waals surface area contributed by atoms with Crippen LogP contribution < -0.4 is 9.47 Å². The molecule has 0 aromatic heterocycles. The lowest BCUT2D eigenvalue weighted by Crippen LogP contribution is -2.13. The van der Waals surface area contributed by atoms with Gasteiger partial charge in [-0.1, -0.05) is 177 Å². The molecule has 4 aromatic rings. The van der Waals surface area contributed by atoms with E-state index in [0.717, 1.165) is 32.1 Å². The van der Waals surface area contributed by atoms with Crippen LogP contribution in [0.2, 0.25) is 0 Å². The molecule has 6 nitrogen and oxygen atoms in total. The Balaban J connectivity index is 1.45. The van der Waals surface area contributed by atoms with E-state index in [1.54, 1.807) is 54.6 Å². The molecule has 0 spiro atoms. The summed E-state index contributed by atoms with van der Waals surface area (Å²) in [6.45, 7) is 5.45. The number of benzene rings is 4. The van der Waals surface area contributed by atoms with E-state index in [4.69, 9.17) is 9.47 Å². The van der Waals surface area contributed by atoms with E-state index >= 15 is 0 Å². The quantitative estimate of drug-likeness (QED) is 0.0405. The molecule has 6 heteroatoms. The van der Waals surface area contributed by atoms with Crippen LogP contribution in [-0.4, -0.2) is 35.0 Å². The minimum absolute atomic E-state index is 0.00138. The van der Waals surface area contributed by atoms with Crippen molar-refractivity contribution in [1.29, 1.82) is 0 Å². The highest BCUT2D eigenvalue weighted by Crippen LogP contribution is 2.37. The molecule has 0 heterocycles. The maximum atomic E-state index is 13.6. The number of unbranched alkanes of at least 4 members (excludes halogenated alkanes) is 15. The lowest BCUT2D eigenvalue weighted by atomic mass is 9.88. The zero-order chi connectivity index (χ0) is 40.5. The topological polar surface area (TPSA) is 93.1 Å². The first-order valence-corrected chi connectivity index (χ1v) is 22.1. The highest BCUT2D eigenvalue weighted by molar-refractivity contribution is 6.11. The molecule has 0 bridgehead atoms. The Bertz CT molecular complexity index is 1730. The van der Waals surface area contributed by atoms with Gasteiger partial charge in [-0.2, -0.15) is 0 Å². The maximum Gasteiger partial charge on any atom is 0.196 e. The summed E-state index contributed by atoms with van der Waals surface area (Å²) in [5.74, 6) is 0.715. The lowest BCUT2D eigenvalue weighted by molar-refractivity contribution is 0.102. The van der Waals surface area contributed by atoms with Gasteiger partial charge in [-0.25, -0.2) is 0 Å². The van der Waals surface area contributed by atoms with Crippen LogP contribution in [0.1, 0.15) is 173 Å². The summed E-state index contributed by atoms with van der Waals surface area (Å²) in [4.78, 5) is 26.6. The van der Waals surface area contributed by atoms with Crippen molar-refractivity contribution in [2.24, 2.45) is 5.92 Å². The molecule has 0 fully saturated rings. The van der Waals surface area contributed by atoms with Gasteiger partial charge in [-0.05, 0) is 55.9 Å². The van der Waals surface area contributed by atoms with Gasteiger partial charge in [-0.15, -0.1) is 0 Å². The predicted octanol–water partition coefficient (Wildman–Crippen LogP) is 13.6. The molecule has 4 aromatic carbocycles. The molecule has 0 aliphatic heterocycles. The molecule has 0 radical (unpaired) electrons. The van der Waals surface area contributed by atoms with Gasteiger partial charge in [0.15, 0.2) is 11.6 Å². The first-order chi connectivity index (χ1) is 27.9. The van der Waals surface area contributed by atoms with Crippen molar-refractivity contribution in [3.63, 3.8) is 0 Å². The third-order valence-electron chi connectivity index (χ3n) is 11.0. The number of carbonyl (C=O) groups is 2. The van der Waals surface area contributed by atoms with Gasteiger partial charge in [0.25, 0.3) is 0 Å². The Morgan fingerprint density at radius 3 is 1.60 bits per heavy atom. The van der Waals surface area contributed by atoms with Crippen LogP contribution >= 0.6 is 0 Å². The molecule has 308 valence electrons. The number of ether oxygens (including phenoxy) is 2. The van der Waals surface area contributed by atoms with Crippen molar-refractivity contribution in [2.45, 2.75) is 142 Å². The number of aromatic hydroxyl groups is 2. The average Bonchev–Trinajstić information content (AvgIpc) is 3.23. The number of hydrogen-bond donors (Lipinski definition) is 2. The number of hydrogen-bond acceptors (Lipinski definition) is 6. The van der Waals surface area contributed by atoms with Crippen LogP contribution in [0.4, 0.5) is 0 Å². The van der Waals surface area contributed by atoms with E-state index in [2.05, 4.69) is 13.8 Å². The van der Waals surface area contributed by atoms with Crippen molar-refractivity contribution in [2.75, 3.05) is 13.2 Å². The van der Waals surface area contributed by atoms with E-state index < -0.39 is 0 Å². The van der Waals surface area contributed by atoms with E-state index in [-0.39, 0.29) is 40.1 Å². The summed E-state index contributed by atoms with van der Waals surface area (Å²) in [6, 6.07) is 26.4. The zero-order valence-electron chi connectivity index (χ0n) is 34.8. The molecule has 0 amide bonds. The molecule has 1 atom stereocenters. The summed E-state index contributed by atoms with van der Waals surface area (Å²) < 4.78 is 12.6. The van der Waals surface area contributed by atoms with Crippen molar-refractivity contribution in [3.8, 4) is 23.0 Å². The first-order valence-electron chi connectivity index (χ1n) is 22.1. The zero-order valence-corrected chi connectivity index (χ0v) is 34.8. The Morgan fingerprint density at radius 2 is 1.04 bits per heavy atom. The molecule has 57 heavy (non-hydrogen) atoms. The van der Waals surface area contributed by atoms with Crippen molar-refractivity contribution >= 4 is 11.6 Å². The van der Waals surface area contributed by atoms with Crippen molar-refractivity contribution < 1.29 is 29.3 Å². The Hall–Kier alpha value is -4.58. The molecule has 4 rings (SSSR count). The molecule has 2 N–H and O–H groups in total. The van der Waals surface area contributed by atoms with Gasteiger partial charge in [0.2, 0.25) is 0 Å².